The van der Waals surface area contributed by atoms with E-state index in [1.54, 1.807) is 12.5 Å². The Morgan fingerprint density at radius 2 is 2.47 bits per heavy atom. The van der Waals surface area contributed by atoms with Gasteiger partial charge < -0.3 is 15.0 Å². The highest BCUT2D eigenvalue weighted by atomic mass is 16.7. The van der Waals surface area contributed by atoms with Gasteiger partial charge in [0.15, 0.2) is 4.60 Å². The van der Waals surface area contributed by atoms with E-state index in [-0.39, 0.29) is 16.0 Å². The number of aliphatic hydroxyl groups is 1. The molecule has 9 heteroatoms. The fourth-order valence-corrected chi connectivity index (χ4v) is 1.58. The molecule has 0 aromatic carbocycles. The van der Waals surface area contributed by atoms with E-state index in [2.05, 4.69) is 20.1 Å². The summed E-state index contributed by atoms with van der Waals surface area (Å²) in [6.07, 6.45) is 5.91. The second kappa shape index (κ2) is 5.96. The molecule has 2 aromatic heterocycles. The van der Waals surface area contributed by atoms with Gasteiger partial charge in [0.05, 0.1) is 6.33 Å². The van der Waals surface area contributed by atoms with Gasteiger partial charge in [0.2, 0.25) is 0 Å². The first-order chi connectivity index (χ1) is 9.22. The van der Waals surface area contributed by atoms with Gasteiger partial charge in [0, 0.05) is 25.5 Å². The summed E-state index contributed by atoms with van der Waals surface area (Å²) < 4.78 is 6.34. The molecule has 0 unspecified atom stereocenters. The highest BCUT2D eigenvalue weighted by Gasteiger charge is 2.25. The third-order valence-corrected chi connectivity index (χ3v) is 2.55. The molecule has 0 aliphatic heterocycles. The molecule has 1 amide bonds. The van der Waals surface area contributed by atoms with Gasteiger partial charge in [0.1, 0.15) is 6.61 Å². The maximum absolute atomic E-state index is 11.7. The highest BCUT2D eigenvalue weighted by molar-refractivity contribution is 5.92. The van der Waals surface area contributed by atoms with Crippen LogP contribution in [0.4, 0.5) is 0 Å². The van der Waals surface area contributed by atoms with Gasteiger partial charge in [-0.25, -0.2) is 4.98 Å². The topological polar surface area (TPSA) is 119 Å². The summed E-state index contributed by atoms with van der Waals surface area (Å²) in [4.78, 5) is 26.6. The van der Waals surface area contributed by atoms with Crippen LogP contribution in [0.25, 0.3) is 0 Å². The molecule has 0 aliphatic rings. The van der Waals surface area contributed by atoms with E-state index in [9.17, 15) is 9.70 Å². The van der Waals surface area contributed by atoms with Crippen LogP contribution in [-0.2, 0) is 13.2 Å². The molecule has 2 heterocycles. The number of aromatic nitrogens is 4. The van der Waals surface area contributed by atoms with Gasteiger partial charge in [-0.2, -0.15) is 0 Å². The number of imidazole rings is 1. The molecular formula is C10H14N5O4+. The summed E-state index contributed by atoms with van der Waals surface area (Å²) in [5.74, 6) is -0.493. The third kappa shape index (κ3) is 3.07. The Balaban J connectivity index is 1.82. The van der Waals surface area contributed by atoms with Crippen molar-refractivity contribution in [2.24, 2.45) is 0 Å². The smallest absolute Gasteiger partial charge is 0.299 e. The van der Waals surface area contributed by atoms with Crippen molar-refractivity contribution in [1.82, 2.24) is 20.0 Å². The number of aromatic amines is 1. The Morgan fingerprint density at radius 1 is 1.63 bits per heavy atom. The molecule has 2 aromatic rings. The highest BCUT2D eigenvalue weighted by Crippen LogP contribution is 1.99. The van der Waals surface area contributed by atoms with Gasteiger partial charge in [-0.15, -0.1) is 0 Å². The number of aliphatic hydroxyl groups excluding tert-OH is 1. The Hall–Kier alpha value is -2.42. The number of aryl methyl sites for hydroxylation is 1. The second-order valence-corrected chi connectivity index (χ2v) is 3.84. The van der Waals surface area contributed by atoms with Crippen molar-refractivity contribution in [2.45, 2.75) is 19.6 Å². The van der Waals surface area contributed by atoms with Gasteiger partial charge >= 0.3 is 0 Å². The number of nitrogens with zero attached hydrogens (tertiary/aromatic N) is 3. The van der Waals surface area contributed by atoms with Crippen LogP contribution >= 0.6 is 0 Å². The molecule has 0 radical (unpaired) electrons. The largest absolute Gasteiger partial charge is 0.387 e. The van der Waals surface area contributed by atoms with E-state index in [1.165, 1.54) is 0 Å². The first-order valence-corrected chi connectivity index (χ1v) is 5.70. The Morgan fingerprint density at radius 3 is 3.16 bits per heavy atom. The minimum atomic E-state index is -0.575. The third-order valence-electron chi connectivity index (χ3n) is 2.55. The molecule has 0 atom stereocenters. The van der Waals surface area contributed by atoms with Crippen LogP contribution < -0.4 is 9.92 Å². The maximum Gasteiger partial charge on any atom is 0.299 e. The second-order valence-electron chi connectivity index (χ2n) is 3.84. The lowest BCUT2D eigenvalue weighted by Gasteiger charge is -2.03. The van der Waals surface area contributed by atoms with Crippen molar-refractivity contribution in [2.75, 3.05) is 6.54 Å². The molecule has 2 rings (SSSR count). The summed E-state index contributed by atoms with van der Waals surface area (Å²) >= 11 is 0. The van der Waals surface area contributed by atoms with Crippen LogP contribution in [0.1, 0.15) is 22.6 Å². The summed E-state index contributed by atoms with van der Waals surface area (Å²) in [5.41, 5.74) is -0.216. The van der Waals surface area contributed by atoms with Gasteiger partial charge in [-0.05, 0) is 11.3 Å². The number of nitrogens with one attached hydrogen (secondary N) is 2. The molecule has 19 heavy (non-hydrogen) atoms. The molecule has 0 aliphatic carbocycles. The van der Waals surface area contributed by atoms with Crippen LogP contribution in [0.2, 0.25) is 0 Å². The zero-order valence-corrected chi connectivity index (χ0v) is 10.1. The van der Waals surface area contributed by atoms with E-state index < -0.39 is 12.5 Å². The number of carbonyl (C=O) groups excluding carboxylic acids is 1. The van der Waals surface area contributed by atoms with Crippen LogP contribution in [0.3, 0.4) is 0 Å². The summed E-state index contributed by atoms with van der Waals surface area (Å²) in [6, 6.07) is 0. The van der Waals surface area contributed by atoms with E-state index >= 15 is 0 Å². The predicted octanol–water partition coefficient (Wildman–Crippen LogP) is -0.969. The minimum Gasteiger partial charge on any atom is -0.387 e. The van der Waals surface area contributed by atoms with E-state index in [4.69, 9.17) is 5.11 Å². The maximum atomic E-state index is 11.7. The number of hydrogen-bond acceptors (Lipinski definition) is 5. The molecule has 0 saturated heterocycles. The van der Waals surface area contributed by atoms with E-state index in [1.807, 2.05) is 10.8 Å². The molecule has 0 spiro atoms. The number of H-pyrrole nitrogens is 1. The molecule has 0 saturated carbocycles. The Bertz CT molecular complexity index is 585. The fourth-order valence-electron chi connectivity index (χ4n) is 1.58. The zero-order valence-electron chi connectivity index (χ0n) is 10.1. The minimum absolute atomic E-state index is 0.0693. The van der Waals surface area contributed by atoms with Crippen molar-refractivity contribution in [3.63, 3.8) is 0 Å². The first-order valence-electron chi connectivity index (χ1n) is 5.70. The van der Waals surface area contributed by atoms with Crippen molar-refractivity contribution < 1.29 is 19.1 Å². The lowest BCUT2D eigenvalue weighted by Crippen LogP contribution is -2.28. The van der Waals surface area contributed by atoms with Gasteiger partial charge in [-0.1, -0.05) is 9.79 Å². The summed E-state index contributed by atoms with van der Waals surface area (Å²) in [5, 5.41) is 13.7. The molecule has 0 bridgehead atoms. The average Bonchev–Trinajstić information content (AvgIpc) is 3.03. The Labute approximate surface area is 107 Å². The van der Waals surface area contributed by atoms with Gasteiger partial charge in [-0.3, -0.25) is 4.79 Å². The van der Waals surface area contributed by atoms with Crippen LogP contribution in [0, 0.1) is 4.91 Å². The molecular weight excluding hydrogens is 254 g/mol. The normalized spacial score (nSPS) is 10.6. The van der Waals surface area contributed by atoms with Crippen molar-refractivity contribution in [1.29, 1.82) is 0 Å². The standard InChI is InChI=1S/C10H13N5O4/c16-6-8-9(13-19-15(8)18)10(17)12-2-1-4-14-5-3-11-7-14/h3,5,7,16H,1-2,4,6H2,(H-,12,13,17,18)/p+1. The van der Waals surface area contributed by atoms with Crippen molar-refractivity contribution in [3.8, 4) is 0 Å². The number of hydrogen-bond donors (Lipinski definition) is 3. The van der Waals surface area contributed by atoms with E-state index in [0.29, 0.717) is 13.0 Å². The van der Waals surface area contributed by atoms with Crippen LogP contribution in [0.15, 0.2) is 23.4 Å². The molecule has 9 nitrogen and oxygen atoms in total. The number of amides is 1. The van der Waals surface area contributed by atoms with E-state index in [0.717, 1.165) is 6.54 Å². The van der Waals surface area contributed by atoms with Crippen molar-refractivity contribution in [3.05, 3.63) is 35.0 Å². The summed E-state index contributed by atoms with van der Waals surface area (Å²) in [6.45, 7) is 0.581. The molecule has 3 N–H and O–H groups in total. The fraction of sp³-hybridized carbons (Fsp3) is 0.400. The average molecular weight is 268 g/mol. The molecule has 102 valence electrons. The van der Waals surface area contributed by atoms with Crippen LogP contribution in [-0.4, -0.2) is 32.3 Å². The number of rotatable bonds is 6. The van der Waals surface area contributed by atoms with Crippen molar-refractivity contribution >= 4 is 5.91 Å². The molecule has 0 fully saturated rings. The predicted molar refractivity (Wildman–Crippen MR) is 61.5 cm³/mol. The lowest BCUT2D eigenvalue weighted by atomic mass is 10.3. The van der Waals surface area contributed by atoms with Crippen LogP contribution in [0.5, 0.6) is 0 Å². The quantitative estimate of drug-likeness (QED) is 0.582. The SMILES string of the molecule is O=C(NCCCn1ccnc1)c1[nH]o[n+](=O)c1CO. The summed E-state index contributed by atoms with van der Waals surface area (Å²) in [7, 11) is 0. The zero-order chi connectivity index (χ0) is 13.7. The monoisotopic (exact) mass is 268 g/mol. The first kappa shape index (κ1) is 13.0. The van der Waals surface area contributed by atoms with Gasteiger partial charge in [0.25, 0.3) is 17.3 Å². The number of carbonyl (C=O) groups is 1. The Kier molecular flexibility index (Phi) is 4.08. The lowest BCUT2D eigenvalue weighted by molar-refractivity contribution is -0.720.